The van der Waals surface area contributed by atoms with E-state index >= 15 is 0 Å². The Balaban J connectivity index is 1.70. The number of likely N-dealkylation sites (tertiary alicyclic amines) is 1. The molecule has 2 heterocycles. The molecule has 1 saturated heterocycles. The first-order valence-corrected chi connectivity index (χ1v) is 8.24. The average molecular weight is 400 g/mol. The molecule has 23 heavy (non-hydrogen) atoms. The van der Waals surface area contributed by atoms with Crippen molar-refractivity contribution in [1.82, 2.24) is 9.88 Å². The Bertz CT molecular complexity index is 724. The Morgan fingerprint density at radius 3 is 2.96 bits per heavy atom. The minimum Gasteiger partial charge on any atom is -0.472 e. The summed E-state index contributed by atoms with van der Waals surface area (Å²) >= 11 is 9.32. The number of aromatic nitrogens is 1. The summed E-state index contributed by atoms with van der Waals surface area (Å²) in [5.74, 6) is -0.547. The van der Waals surface area contributed by atoms with E-state index in [9.17, 15) is 9.18 Å². The molecule has 1 atom stereocenters. The number of rotatable bonds is 3. The molecule has 120 valence electrons. The first kappa shape index (κ1) is 16.2. The second kappa shape index (κ2) is 6.84. The molecule has 0 aliphatic carbocycles. The van der Waals surface area contributed by atoms with E-state index in [1.165, 1.54) is 18.2 Å². The van der Waals surface area contributed by atoms with Crippen LogP contribution >= 0.6 is 27.5 Å². The molecule has 0 spiro atoms. The predicted molar refractivity (Wildman–Crippen MR) is 88.3 cm³/mol. The van der Waals surface area contributed by atoms with Gasteiger partial charge in [-0.2, -0.15) is 0 Å². The Kier molecular flexibility index (Phi) is 4.82. The van der Waals surface area contributed by atoms with Crippen molar-refractivity contribution in [1.29, 1.82) is 0 Å². The molecule has 1 amide bonds. The zero-order chi connectivity index (χ0) is 16.4. The van der Waals surface area contributed by atoms with Gasteiger partial charge in [0, 0.05) is 19.2 Å². The van der Waals surface area contributed by atoms with Crippen LogP contribution in [0.4, 0.5) is 4.39 Å². The third-order valence-electron chi connectivity index (χ3n) is 3.61. The molecule has 2 aromatic rings. The van der Waals surface area contributed by atoms with Gasteiger partial charge in [-0.1, -0.05) is 17.7 Å². The Hall–Kier alpha value is -1.66. The fourth-order valence-corrected chi connectivity index (χ4v) is 3.08. The zero-order valence-electron chi connectivity index (χ0n) is 12.0. The number of amides is 1. The van der Waals surface area contributed by atoms with Gasteiger partial charge in [0.2, 0.25) is 5.88 Å². The van der Waals surface area contributed by atoms with Crippen molar-refractivity contribution in [3.05, 3.63) is 57.4 Å². The SMILES string of the molecule is O=C(c1c(F)cccc1Cl)N1CCC(Oc2ncccc2Br)C1. The Labute approximate surface area is 146 Å². The molecule has 0 radical (unpaired) electrons. The van der Waals surface area contributed by atoms with Crippen LogP contribution in [0.5, 0.6) is 5.88 Å². The van der Waals surface area contributed by atoms with Crippen molar-refractivity contribution in [3.63, 3.8) is 0 Å². The van der Waals surface area contributed by atoms with Gasteiger partial charge in [0.25, 0.3) is 5.91 Å². The maximum atomic E-state index is 13.9. The van der Waals surface area contributed by atoms with E-state index in [-0.39, 0.29) is 16.7 Å². The summed E-state index contributed by atoms with van der Waals surface area (Å²) in [5, 5.41) is 0.117. The van der Waals surface area contributed by atoms with Crippen LogP contribution < -0.4 is 4.74 Å². The highest BCUT2D eigenvalue weighted by atomic mass is 79.9. The topological polar surface area (TPSA) is 42.4 Å². The summed E-state index contributed by atoms with van der Waals surface area (Å²) in [5.41, 5.74) is -0.0890. The maximum Gasteiger partial charge on any atom is 0.258 e. The summed E-state index contributed by atoms with van der Waals surface area (Å²) in [4.78, 5) is 18.2. The van der Waals surface area contributed by atoms with Crippen molar-refractivity contribution >= 4 is 33.4 Å². The van der Waals surface area contributed by atoms with Crippen molar-refractivity contribution < 1.29 is 13.9 Å². The van der Waals surface area contributed by atoms with Crippen LogP contribution in [0.2, 0.25) is 5.02 Å². The number of carbonyl (C=O) groups excluding carboxylic acids is 1. The molecule has 4 nitrogen and oxygen atoms in total. The molecule has 1 fully saturated rings. The van der Waals surface area contributed by atoms with Crippen LogP contribution in [-0.4, -0.2) is 35.0 Å². The van der Waals surface area contributed by atoms with Crippen molar-refractivity contribution in [2.75, 3.05) is 13.1 Å². The van der Waals surface area contributed by atoms with Gasteiger partial charge in [0.05, 0.1) is 21.6 Å². The lowest BCUT2D eigenvalue weighted by molar-refractivity contribution is 0.0766. The zero-order valence-corrected chi connectivity index (χ0v) is 14.3. The van der Waals surface area contributed by atoms with Crippen LogP contribution in [0.15, 0.2) is 41.0 Å². The van der Waals surface area contributed by atoms with Crippen LogP contribution in [-0.2, 0) is 0 Å². The van der Waals surface area contributed by atoms with Gasteiger partial charge in [0.15, 0.2) is 0 Å². The molecule has 0 bridgehead atoms. The summed E-state index contributed by atoms with van der Waals surface area (Å²) in [6, 6.07) is 7.84. The van der Waals surface area contributed by atoms with E-state index in [0.29, 0.717) is 25.4 Å². The lowest BCUT2D eigenvalue weighted by Gasteiger charge is -2.18. The van der Waals surface area contributed by atoms with Crippen LogP contribution in [0.3, 0.4) is 0 Å². The standard InChI is InChI=1S/C16H13BrClFN2O2/c17-11-3-2-7-20-15(11)23-10-6-8-21(9-10)16(22)14-12(18)4-1-5-13(14)19/h1-5,7,10H,6,8-9H2. The summed E-state index contributed by atoms with van der Waals surface area (Å²) < 4.78 is 20.4. The second-order valence-electron chi connectivity index (χ2n) is 5.17. The van der Waals surface area contributed by atoms with E-state index in [2.05, 4.69) is 20.9 Å². The molecule has 1 aliphatic rings. The fraction of sp³-hybridized carbons (Fsp3) is 0.250. The lowest BCUT2D eigenvalue weighted by atomic mass is 10.2. The molecule has 0 N–H and O–H groups in total. The highest BCUT2D eigenvalue weighted by Crippen LogP contribution is 2.26. The van der Waals surface area contributed by atoms with Gasteiger partial charge in [-0.3, -0.25) is 4.79 Å². The summed E-state index contributed by atoms with van der Waals surface area (Å²) in [6.45, 7) is 0.852. The molecule has 1 aliphatic heterocycles. The third-order valence-corrected chi connectivity index (χ3v) is 4.53. The minimum atomic E-state index is -0.612. The fourth-order valence-electron chi connectivity index (χ4n) is 2.48. The molecule has 7 heteroatoms. The molecule has 1 aromatic heterocycles. The highest BCUT2D eigenvalue weighted by molar-refractivity contribution is 9.10. The minimum absolute atomic E-state index is 0.0890. The Morgan fingerprint density at radius 2 is 2.22 bits per heavy atom. The van der Waals surface area contributed by atoms with Gasteiger partial charge < -0.3 is 9.64 Å². The number of benzene rings is 1. The molecular formula is C16H13BrClFN2O2. The largest absolute Gasteiger partial charge is 0.472 e. The molecule has 3 rings (SSSR count). The normalized spacial score (nSPS) is 17.3. The predicted octanol–water partition coefficient (Wildman–Crippen LogP) is 3.93. The van der Waals surface area contributed by atoms with E-state index in [0.717, 1.165) is 4.47 Å². The van der Waals surface area contributed by atoms with E-state index < -0.39 is 11.7 Å². The van der Waals surface area contributed by atoms with Crippen LogP contribution in [0.25, 0.3) is 0 Å². The van der Waals surface area contributed by atoms with Crippen molar-refractivity contribution in [3.8, 4) is 5.88 Å². The quantitative estimate of drug-likeness (QED) is 0.785. The molecule has 0 saturated carbocycles. The molecule has 1 aromatic carbocycles. The van der Waals surface area contributed by atoms with E-state index in [4.69, 9.17) is 16.3 Å². The number of nitrogens with zero attached hydrogens (tertiary/aromatic N) is 2. The first-order chi connectivity index (χ1) is 11.1. The summed E-state index contributed by atoms with van der Waals surface area (Å²) in [7, 11) is 0. The number of ether oxygens (including phenoxy) is 1. The number of hydrogen-bond acceptors (Lipinski definition) is 3. The molecule has 1 unspecified atom stereocenters. The highest BCUT2D eigenvalue weighted by Gasteiger charge is 2.31. The Morgan fingerprint density at radius 1 is 1.39 bits per heavy atom. The third kappa shape index (κ3) is 3.48. The van der Waals surface area contributed by atoms with Gasteiger partial charge in [0.1, 0.15) is 11.9 Å². The summed E-state index contributed by atoms with van der Waals surface area (Å²) in [6.07, 6.45) is 2.11. The van der Waals surface area contributed by atoms with E-state index in [1.54, 1.807) is 17.2 Å². The van der Waals surface area contributed by atoms with Gasteiger partial charge in [-0.15, -0.1) is 0 Å². The monoisotopic (exact) mass is 398 g/mol. The van der Waals surface area contributed by atoms with Crippen molar-refractivity contribution in [2.24, 2.45) is 0 Å². The van der Waals surface area contributed by atoms with Crippen LogP contribution in [0, 0.1) is 5.82 Å². The van der Waals surface area contributed by atoms with Crippen molar-refractivity contribution in [2.45, 2.75) is 12.5 Å². The lowest BCUT2D eigenvalue weighted by Crippen LogP contribution is -2.31. The first-order valence-electron chi connectivity index (χ1n) is 7.06. The number of halogens is 3. The second-order valence-corrected chi connectivity index (χ2v) is 6.43. The maximum absolute atomic E-state index is 13.9. The van der Waals surface area contributed by atoms with Gasteiger partial charge >= 0.3 is 0 Å². The smallest absolute Gasteiger partial charge is 0.258 e. The number of hydrogen-bond donors (Lipinski definition) is 0. The molecular weight excluding hydrogens is 387 g/mol. The number of carbonyl (C=O) groups is 1. The van der Waals surface area contributed by atoms with Crippen LogP contribution in [0.1, 0.15) is 16.8 Å². The van der Waals surface area contributed by atoms with E-state index in [1.807, 2.05) is 6.07 Å². The van der Waals surface area contributed by atoms with Gasteiger partial charge in [-0.05, 0) is 40.2 Å². The number of pyridine rings is 1. The average Bonchev–Trinajstić information content (AvgIpc) is 2.98. The van der Waals surface area contributed by atoms with Gasteiger partial charge in [-0.25, -0.2) is 9.37 Å².